The van der Waals surface area contributed by atoms with Gasteiger partial charge in [-0.25, -0.2) is 0 Å². The maximum atomic E-state index is 11.1. The van der Waals surface area contributed by atoms with Gasteiger partial charge in [-0.1, -0.05) is 12.1 Å². The molecule has 0 amide bonds. The molecular formula is C13H17NO2. The molecule has 1 aliphatic carbocycles. The summed E-state index contributed by atoms with van der Waals surface area (Å²) in [6.07, 6.45) is 3.20. The molecule has 1 aromatic carbocycles. The third-order valence-electron chi connectivity index (χ3n) is 3.46. The summed E-state index contributed by atoms with van der Waals surface area (Å²) >= 11 is 0. The highest BCUT2D eigenvalue weighted by Crippen LogP contribution is 2.32. The molecule has 3 N–H and O–H groups in total. The number of fused-ring (bicyclic) bond motifs is 1. The number of carboxylic acids is 1. The standard InChI is InChI=1S/C13H17NO2/c1-8-5-6-11(12(7-14)13(15)16)10-4-2-3-9(8)10/h5-6,12H,2-4,7,14H2,1H3,(H,15,16). The van der Waals surface area contributed by atoms with Crippen LogP contribution in [0.15, 0.2) is 12.1 Å². The largest absolute Gasteiger partial charge is 0.481 e. The van der Waals surface area contributed by atoms with E-state index in [0.717, 1.165) is 24.8 Å². The summed E-state index contributed by atoms with van der Waals surface area (Å²) in [5.74, 6) is -1.37. The van der Waals surface area contributed by atoms with E-state index in [1.54, 1.807) is 0 Å². The van der Waals surface area contributed by atoms with E-state index in [4.69, 9.17) is 10.8 Å². The van der Waals surface area contributed by atoms with E-state index in [0.29, 0.717) is 0 Å². The minimum absolute atomic E-state index is 0.171. The first-order valence-corrected chi connectivity index (χ1v) is 5.69. The fraction of sp³-hybridized carbons (Fsp3) is 0.462. The zero-order valence-corrected chi connectivity index (χ0v) is 9.49. The van der Waals surface area contributed by atoms with Gasteiger partial charge in [-0.15, -0.1) is 0 Å². The van der Waals surface area contributed by atoms with Crippen molar-refractivity contribution in [1.29, 1.82) is 0 Å². The van der Waals surface area contributed by atoms with Crippen LogP contribution in [0.4, 0.5) is 0 Å². The van der Waals surface area contributed by atoms with E-state index >= 15 is 0 Å². The van der Waals surface area contributed by atoms with E-state index in [-0.39, 0.29) is 6.54 Å². The summed E-state index contributed by atoms with van der Waals surface area (Å²) in [7, 11) is 0. The number of hydrogen-bond donors (Lipinski definition) is 2. The van der Waals surface area contributed by atoms with Crippen molar-refractivity contribution in [1.82, 2.24) is 0 Å². The van der Waals surface area contributed by atoms with Gasteiger partial charge in [0.25, 0.3) is 0 Å². The van der Waals surface area contributed by atoms with Crippen LogP contribution in [0.2, 0.25) is 0 Å². The highest BCUT2D eigenvalue weighted by Gasteiger charge is 2.25. The maximum Gasteiger partial charge on any atom is 0.312 e. The SMILES string of the molecule is Cc1ccc(C(CN)C(=O)O)c2c1CCC2. The number of aliphatic carboxylic acids is 1. The summed E-state index contributed by atoms with van der Waals surface area (Å²) in [6.45, 7) is 2.26. The molecule has 3 nitrogen and oxygen atoms in total. The number of aryl methyl sites for hydroxylation is 1. The zero-order chi connectivity index (χ0) is 11.7. The smallest absolute Gasteiger partial charge is 0.312 e. The van der Waals surface area contributed by atoms with Gasteiger partial charge >= 0.3 is 5.97 Å². The van der Waals surface area contributed by atoms with Gasteiger partial charge in [0, 0.05) is 6.54 Å². The van der Waals surface area contributed by atoms with Crippen LogP contribution >= 0.6 is 0 Å². The molecule has 0 saturated heterocycles. The Hall–Kier alpha value is -1.35. The van der Waals surface area contributed by atoms with Gasteiger partial charge in [0.2, 0.25) is 0 Å². The molecular weight excluding hydrogens is 202 g/mol. The molecule has 0 aromatic heterocycles. The van der Waals surface area contributed by atoms with Gasteiger partial charge in [-0.3, -0.25) is 4.79 Å². The predicted octanol–water partition coefficient (Wildman–Crippen LogP) is 1.61. The second kappa shape index (κ2) is 4.26. The van der Waals surface area contributed by atoms with Gasteiger partial charge in [-0.2, -0.15) is 0 Å². The maximum absolute atomic E-state index is 11.1. The summed E-state index contributed by atoms with van der Waals surface area (Å²) in [5.41, 5.74) is 10.3. The van der Waals surface area contributed by atoms with Crippen molar-refractivity contribution in [2.24, 2.45) is 5.73 Å². The van der Waals surface area contributed by atoms with Crippen molar-refractivity contribution < 1.29 is 9.90 Å². The molecule has 1 aliphatic rings. The van der Waals surface area contributed by atoms with Crippen LogP contribution in [0.5, 0.6) is 0 Å². The van der Waals surface area contributed by atoms with Gasteiger partial charge in [-0.05, 0) is 48.4 Å². The number of rotatable bonds is 3. The predicted molar refractivity (Wildman–Crippen MR) is 62.6 cm³/mol. The van der Waals surface area contributed by atoms with Crippen molar-refractivity contribution in [3.05, 3.63) is 34.4 Å². The van der Waals surface area contributed by atoms with Gasteiger partial charge in [0.1, 0.15) is 0 Å². The summed E-state index contributed by atoms with van der Waals surface area (Å²) in [6, 6.07) is 3.95. The van der Waals surface area contributed by atoms with Crippen LogP contribution in [0.25, 0.3) is 0 Å². The molecule has 0 fully saturated rings. The quantitative estimate of drug-likeness (QED) is 0.811. The Kier molecular flexibility index (Phi) is 2.97. The molecule has 0 radical (unpaired) electrons. The molecule has 0 heterocycles. The lowest BCUT2D eigenvalue weighted by Gasteiger charge is -2.16. The summed E-state index contributed by atoms with van der Waals surface area (Å²) in [5, 5.41) is 9.15. The minimum atomic E-state index is -0.819. The number of hydrogen-bond acceptors (Lipinski definition) is 2. The first kappa shape index (κ1) is 11.1. The van der Waals surface area contributed by atoms with E-state index < -0.39 is 11.9 Å². The Balaban J connectivity index is 2.50. The lowest BCUT2D eigenvalue weighted by molar-refractivity contribution is -0.138. The molecule has 0 saturated carbocycles. The van der Waals surface area contributed by atoms with E-state index in [1.807, 2.05) is 12.1 Å². The molecule has 0 aliphatic heterocycles. The zero-order valence-electron chi connectivity index (χ0n) is 9.49. The number of carboxylic acid groups (broad SMARTS) is 1. The summed E-state index contributed by atoms with van der Waals surface area (Å²) in [4.78, 5) is 11.1. The van der Waals surface area contributed by atoms with Crippen LogP contribution in [-0.4, -0.2) is 17.6 Å². The Labute approximate surface area is 95.3 Å². The number of benzene rings is 1. The number of nitrogens with two attached hydrogens (primary N) is 1. The average Bonchev–Trinajstić information content (AvgIpc) is 2.71. The van der Waals surface area contributed by atoms with Gasteiger partial charge < -0.3 is 10.8 Å². The first-order chi connectivity index (χ1) is 7.65. The highest BCUT2D eigenvalue weighted by molar-refractivity contribution is 5.77. The Morgan fingerprint density at radius 2 is 2.12 bits per heavy atom. The molecule has 0 spiro atoms. The molecule has 16 heavy (non-hydrogen) atoms. The molecule has 0 bridgehead atoms. The van der Waals surface area contributed by atoms with E-state index in [2.05, 4.69) is 6.92 Å². The van der Waals surface area contributed by atoms with Gasteiger partial charge in [0.15, 0.2) is 0 Å². The number of carbonyl (C=O) groups is 1. The Morgan fingerprint density at radius 3 is 2.75 bits per heavy atom. The van der Waals surface area contributed by atoms with E-state index in [9.17, 15) is 4.79 Å². The van der Waals surface area contributed by atoms with E-state index in [1.165, 1.54) is 16.7 Å². The van der Waals surface area contributed by atoms with Crippen LogP contribution in [0, 0.1) is 6.92 Å². The lowest BCUT2D eigenvalue weighted by Crippen LogP contribution is -2.22. The Bertz CT molecular complexity index is 426. The molecule has 1 aromatic rings. The van der Waals surface area contributed by atoms with Crippen LogP contribution < -0.4 is 5.73 Å². The monoisotopic (exact) mass is 219 g/mol. The molecule has 1 atom stereocenters. The topological polar surface area (TPSA) is 63.3 Å². The molecule has 1 unspecified atom stereocenters. The first-order valence-electron chi connectivity index (χ1n) is 5.69. The Morgan fingerprint density at radius 1 is 1.44 bits per heavy atom. The van der Waals surface area contributed by atoms with Crippen molar-refractivity contribution in [2.75, 3.05) is 6.54 Å². The van der Waals surface area contributed by atoms with Crippen molar-refractivity contribution in [3.63, 3.8) is 0 Å². The van der Waals surface area contributed by atoms with Crippen LogP contribution in [0.1, 0.15) is 34.6 Å². The van der Waals surface area contributed by atoms with Crippen molar-refractivity contribution in [2.45, 2.75) is 32.1 Å². The second-order valence-corrected chi connectivity index (χ2v) is 4.41. The fourth-order valence-corrected chi connectivity index (χ4v) is 2.60. The third-order valence-corrected chi connectivity index (χ3v) is 3.46. The normalized spacial score (nSPS) is 15.9. The van der Waals surface area contributed by atoms with Crippen LogP contribution in [0.3, 0.4) is 0 Å². The molecule has 86 valence electrons. The summed E-state index contributed by atoms with van der Waals surface area (Å²) < 4.78 is 0. The molecule has 2 rings (SSSR count). The second-order valence-electron chi connectivity index (χ2n) is 4.41. The van der Waals surface area contributed by atoms with Crippen LogP contribution in [-0.2, 0) is 17.6 Å². The highest BCUT2D eigenvalue weighted by atomic mass is 16.4. The van der Waals surface area contributed by atoms with Crippen molar-refractivity contribution in [3.8, 4) is 0 Å². The van der Waals surface area contributed by atoms with Gasteiger partial charge in [0.05, 0.1) is 5.92 Å². The minimum Gasteiger partial charge on any atom is -0.481 e. The average molecular weight is 219 g/mol. The van der Waals surface area contributed by atoms with Crippen molar-refractivity contribution >= 4 is 5.97 Å². The lowest BCUT2D eigenvalue weighted by atomic mass is 9.90. The third kappa shape index (κ3) is 1.71. The fourth-order valence-electron chi connectivity index (χ4n) is 2.60. The molecule has 3 heteroatoms.